The Labute approximate surface area is 93.8 Å². The molecule has 3 heteroatoms. The molecule has 2 aromatic rings. The Kier molecular flexibility index (Phi) is 2.84. The van der Waals surface area contributed by atoms with Gasteiger partial charge in [0.05, 0.1) is 6.04 Å². The van der Waals surface area contributed by atoms with Gasteiger partial charge in [-0.05, 0) is 30.5 Å². The van der Waals surface area contributed by atoms with E-state index in [0.717, 1.165) is 10.6 Å². The van der Waals surface area contributed by atoms with Gasteiger partial charge in [0, 0.05) is 11.6 Å². The van der Waals surface area contributed by atoms with Crippen LogP contribution in [0.5, 0.6) is 0 Å². The molecule has 1 unspecified atom stereocenters. The van der Waals surface area contributed by atoms with Crippen molar-refractivity contribution in [3.63, 3.8) is 0 Å². The third-order valence-electron chi connectivity index (χ3n) is 2.61. The zero-order valence-corrected chi connectivity index (χ0v) is 9.71. The van der Waals surface area contributed by atoms with E-state index in [2.05, 4.69) is 37.0 Å². The molecule has 1 aromatic heterocycles. The summed E-state index contributed by atoms with van der Waals surface area (Å²) >= 11 is 1.60. The molecule has 0 amide bonds. The summed E-state index contributed by atoms with van der Waals surface area (Å²) in [6.07, 6.45) is 1.79. The first-order valence-electron chi connectivity index (χ1n) is 4.90. The quantitative estimate of drug-likeness (QED) is 0.841. The Bertz CT molecular complexity index is 449. The molecule has 15 heavy (non-hydrogen) atoms. The van der Waals surface area contributed by atoms with Gasteiger partial charge >= 0.3 is 0 Å². The average Bonchev–Trinajstić information content (AvgIpc) is 2.74. The number of benzene rings is 1. The number of hydrogen-bond acceptors (Lipinski definition) is 3. The first-order chi connectivity index (χ1) is 7.18. The Morgan fingerprint density at radius 3 is 2.67 bits per heavy atom. The fourth-order valence-corrected chi connectivity index (χ4v) is 2.15. The van der Waals surface area contributed by atoms with Crippen LogP contribution in [-0.4, -0.2) is 4.98 Å². The highest BCUT2D eigenvalue weighted by Crippen LogP contribution is 2.22. The Morgan fingerprint density at radius 2 is 2.07 bits per heavy atom. The van der Waals surface area contributed by atoms with Gasteiger partial charge in [-0.2, -0.15) is 0 Å². The maximum absolute atomic E-state index is 6.13. The van der Waals surface area contributed by atoms with Crippen molar-refractivity contribution in [2.75, 3.05) is 0 Å². The summed E-state index contributed by atoms with van der Waals surface area (Å²) in [4.78, 5) is 4.24. The van der Waals surface area contributed by atoms with Crippen molar-refractivity contribution in [3.8, 4) is 0 Å². The lowest BCUT2D eigenvalue weighted by Crippen LogP contribution is -2.11. The largest absolute Gasteiger partial charge is 0.318 e. The summed E-state index contributed by atoms with van der Waals surface area (Å²) in [6, 6.07) is 6.23. The second kappa shape index (κ2) is 4.13. The monoisotopic (exact) mass is 218 g/mol. The highest BCUT2D eigenvalue weighted by atomic mass is 32.1. The molecule has 0 spiro atoms. The van der Waals surface area contributed by atoms with Crippen molar-refractivity contribution in [2.24, 2.45) is 5.73 Å². The standard InChI is InChI=1S/C12H14N2S/c1-8-3-4-10(7-9(8)2)11(13)12-14-5-6-15-12/h3-7,11H,13H2,1-2H3. The van der Waals surface area contributed by atoms with Gasteiger partial charge in [-0.3, -0.25) is 0 Å². The van der Waals surface area contributed by atoms with Crippen molar-refractivity contribution in [1.29, 1.82) is 0 Å². The number of aryl methyl sites for hydroxylation is 2. The Balaban J connectivity index is 2.34. The van der Waals surface area contributed by atoms with Crippen molar-refractivity contribution in [2.45, 2.75) is 19.9 Å². The Morgan fingerprint density at radius 1 is 1.27 bits per heavy atom. The molecule has 0 saturated carbocycles. The molecule has 0 aliphatic heterocycles. The molecule has 1 heterocycles. The van der Waals surface area contributed by atoms with Crippen molar-refractivity contribution in [3.05, 3.63) is 51.5 Å². The van der Waals surface area contributed by atoms with Crippen LogP contribution in [0.15, 0.2) is 29.8 Å². The number of rotatable bonds is 2. The summed E-state index contributed by atoms with van der Waals surface area (Å²) in [5.41, 5.74) is 9.83. The minimum Gasteiger partial charge on any atom is -0.318 e. The van der Waals surface area contributed by atoms with E-state index in [0.29, 0.717) is 0 Å². The fourth-order valence-electron chi connectivity index (χ4n) is 1.49. The molecule has 0 bridgehead atoms. The molecule has 0 aliphatic rings. The first kappa shape index (κ1) is 10.3. The lowest BCUT2D eigenvalue weighted by atomic mass is 10.0. The average molecular weight is 218 g/mol. The van der Waals surface area contributed by atoms with Crippen LogP contribution in [0, 0.1) is 13.8 Å². The van der Waals surface area contributed by atoms with Crippen LogP contribution in [0.1, 0.15) is 27.7 Å². The zero-order valence-electron chi connectivity index (χ0n) is 8.90. The van der Waals surface area contributed by atoms with Crippen LogP contribution >= 0.6 is 11.3 Å². The van der Waals surface area contributed by atoms with E-state index in [1.165, 1.54) is 11.1 Å². The number of aromatic nitrogens is 1. The minimum atomic E-state index is -0.0932. The second-order valence-corrected chi connectivity index (χ2v) is 4.62. The van der Waals surface area contributed by atoms with Gasteiger partial charge in [-0.15, -0.1) is 11.3 Å². The normalized spacial score (nSPS) is 12.7. The molecule has 0 aliphatic carbocycles. The SMILES string of the molecule is Cc1ccc(C(N)c2nccs2)cc1C. The molecule has 2 rings (SSSR count). The van der Waals surface area contributed by atoms with Crippen molar-refractivity contribution >= 4 is 11.3 Å². The molecule has 2 N–H and O–H groups in total. The van der Waals surface area contributed by atoms with Crippen molar-refractivity contribution in [1.82, 2.24) is 4.98 Å². The summed E-state index contributed by atoms with van der Waals surface area (Å²) < 4.78 is 0. The minimum absolute atomic E-state index is 0.0932. The maximum atomic E-state index is 6.13. The predicted octanol–water partition coefficient (Wildman–Crippen LogP) is 2.81. The molecule has 0 saturated heterocycles. The van der Waals surface area contributed by atoms with Gasteiger partial charge in [-0.1, -0.05) is 18.2 Å². The summed E-state index contributed by atoms with van der Waals surface area (Å²) in [5.74, 6) is 0. The second-order valence-electron chi connectivity index (χ2n) is 3.69. The van der Waals surface area contributed by atoms with E-state index in [-0.39, 0.29) is 6.04 Å². The van der Waals surface area contributed by atoms with E-state index in [1.807, 2.05) is 5.38 Å². The number of thiazole rings is 1. The number of nitrogens with two attached hydrogens (primary N) is 1. The van der Waals surface area contributed by atoms with Crippen LogP contribution in [-0.2, 0) is 0 Å². The van der Waals surface area contributed by atoms with Gasteiger partial charge in [0.2, 0.25) is 0 Å². The van der Waals surface area contributed by atoms with Gasteiger partial charge in [-0.25, -0.2) is 4.98 Å². The molecule has 2 nitrogen and oxygen atoms in total. The highest BCUT2D eigenvalue weighted by molar-refractivity contribution is 7.09. The van der Waals surface area contributed by atoms with Crippen LogP contribution in [0.3, 0.4) is 0 Å². The molecule has 1 aromatic carbocycles. The molecule has 0 radical (unpaired) electrons. The smallest absolute Gasteiger partial charge is 0.114 e. The van der Waals surface area contributed by atoms with E-state index >= 15 is 0 Å². The van der Waals surface area contributed by atoms with Crippen LogP contribution in [0.4, 0.5) is 0 Å². The molecule has 1 atom stereocenters. The topological polar surface area (TPSA) is 38.9 Å². The molecule has 78 valence electrons. The van der Waals surface area contributed by atoms with Gasteiger partial charge in [0.25, 0.3) is 0 Å². The Hall–Kier alpha value is -1.19. The third-order valence-corrected chi connectivity index (χ3v) is 3.47. The fraction of sp³-hybridized carbons (Fsp3) is 0.250. The van der Waals surface area contributed by atoms with E-state index in [1.54, 1.807) is 17.5 Å². The van der Waals surface area contributed by atoms with Crippen molar-refractivity contribution < 1.29 is 0 Å². The zero-order chi connectivity index (χ0) is 10.8. The molecule has 0 fully saturated rings. The van der Waals surface area contributed by atoms with E-state index < -0.39 is 0 Å². The van der Waals surface area contributed by atoms with Crippen LogP contribution in [0.2, 0.25) is 0 Å². The lowest BCUT2D eigenvalue weighted by molar-refractivity contribution is 0.855. The summed E-state index contributed by atoms with van der Waals surface area (Å²) in [5, 5.41) is 2.93. The lowest BCUT2D eigenvalue weighted by Gasteiger charge is -2.10. The van der Waals surface area contributed by atoms with Gasteiger partial charge < -0.3 is 5.73 Å². The van der Waals surface area contributed by atoms with Crippen LogP contribution < -0.4 is 5.73 Å². The van der Waals surface area contributed by atoms with E-state index in [9.17, 15) is 0 Å². The van der Waals surface area contributed by atoms with E-state index in [4.69, 9.17) is 5.73 Å². The summed E-state index contributed by atoms with van der Waals surface area (Å²) in [6.45, 7) is 4.21. The molecular weight excluding hydrogens is 204 g/mol. The van der Waals surface area contributed by atoms with Gasteiger partial charge in [0.15, 0.2) is 0 Å². The number of nitrogens with zero attached hydrogens (tertiary/aromatic N) is 1. The summed E-state index contributed by atoms with van der Waals surface area (Å²) in [7, 11) is 0. The first-order valence-corrected chi connectivity index (χ1v) is 5.78. The number of hydrogen-bond donors (Lipinski definition) is 1. The predicted molar refractivity (Wildman–Crippen MR) is 64.1 cm³/mol. The van der Waals surface area contributed by atoms with Crippen LogP contribution in [0.25, 0.3) is 0 Å². The molecular formula is C12H14N2S. The van der Waals surface area contributed by atoms with Gasteiger partial charge in [0.1, 0.15) is 5.01 Å². The third kappa shape index (κ3) is 2.08. The highest BCUT2D eigenvalue weighted by Gasteiger charge is 2.11. The maximum Gasteiger partial charge on any atom is 0.114 e.